The van der Waals surface area contributed by atoms with Crippen LogP contribution in [0, 0.1) is 5.92 Å². The van der Waals surface area contributed by atoms with Gasteiger partial charge in [-0.25, -0.2) is 0 Å². The maximum absolute atomic E-state index is 11.3. The van der Waals surface area contributed by atoms with Gasteiger partial charge in [0.25, 0.3) is 0 Å². The average molecular weight is 274 g/mol. The number of ether oxygens (including phenoxy) is 2. The lowest BCUT2D eigenvalue weighted by atomic mass is 9.88. The summed E-state index contributed by atoms with van der Waals surface area (Å²) in [6, 6.07) is -0.613. The Kier molecular flexibility index (Phi) is 5.32. The van der Waals surface area contributed by atoms with Gasteiger partial charge in [0.2, 0.25) is 5.91 Å². The maximum atomic E-state index is 11.3. The summed E-state index contributed by atoms with van der Waals surface area (Å²) in [5, 5.41) is 13.0. The molecule has 1 rings (SSSR count). The van der Waals surface area contributed by atoms with Crippen LogP contribution in [-0.2, 0) is 14.3 Å². The van der Waals surface area contributed by atoms with Gasteiger partial charge >= 0.3 is 0 Å². The first kappa shape index (κ1) is 16.4. The number of aliphatic hydroxyl groups excluding tert-OH is 1. The number of aliphatic hydroxyl groups is 1. The van der Waals surface area contributed by atoms with Gasteiger partial charge in [-0.2, -0.15) is 0 Å². The van der Waals surface area contributed by atoms with Crippen molar-refractivity contribution in [3.8, 4) is 0 Å². The third-order valence-electron chi connectivity index (χ3n) is 3.29. The number of carbonyl (C=O) groups excluding carboxylic acids is 1. The monoisotopic (exact) mass is 274 g/mol. The predicted octanol–water partition coefficient (Wildman–Crippen LogP) is 0.334. The van der Waals surface area contributed by atoms with Crippen molar-refractivity contribution in [1.82, 2.24) is 5.32 Å². The standard InChI is InChI=1S/C13H26N2O4/c1-6-9-7(2)11(17)10(15-8(3)16)12(18-9)19-13(4,5)14/h7,9-12,17H,6,14H2,1-5H3,(H,15,16)/t7-,9?,10?,11?,12-/m0/s1. The molecule has 1 fully saturated rings. The minimum absolute atomic E-state index is 0.0809. The average Bonchev–Trinajstić information content (AvgIpc) is 2.26. The van der Waals surface area contributed by atoms with Gasteiger partial charge in [0.1, 0.15) is 11.8 Å². The van der Waals surface area contributed by atoms with Crippen LogP contribution < -0.4 is 11.1 Å². The summed E-state index contributed by atoms with van der Waals surface area (Å²) in [6.45, 7) is 8.68. The highest BCUT2D eigenvalue weighted by molar-refractivity contribution is 5.73. The Morgan fingerprint density at radius 1 is 1.53 bits per heavy atom. The van der Waals surface area contributed by atoms with E-state index in [0.29, 0.717) is 0 Å². The van der Waals surface area contributed by atoms with Crippen molar-refractivity contribution in [3.05, 3.63) is 0 Å². The molecule has 1 heterocycles. The van der Waals surface area contributed by atoms with Crippen LogP contribution in [-0.4, -0.2) is 41.3 Å². The van der Waals surface area contributed by atoms with E-state index in [0.717, 1.165) is 6.42 Å². The van der Waals surface area contributed by atoms with Crippen molar-refractivity contribution < 1.29 is 19.4 Å². The van der Waals surface area contributed by atoms with Crippen LogP contribution in [0.3, 0.4) is 0 Å². The summed E-state index contributed by atoms with van der Waals surface area (Å²) in [5.74, 6) is -0.319. The van der Waals surface area contributed by atoms with Crippen LogP contribution in [0.5, 0.6) is 0 Å². The molecule has 1 amide bonds. The molecular formula is C13H26N2O4. The first-order chi connectivity index (χ1) is 8.65. The quantitative estimate of drug-likeness (QED) is 0.643. The summed E-state index contributed by atoms with van der Waals surface area (Å²) in [5.41, 5.74) is 4.93. The Morgan fingerprint density at radius 2 is 2.11 bits per heavy atom. The van der Waals surface area contributed by atoms with Gasteiger partial charge in [0.15, 0.2) is 6.29 Å². The van der Waals surface area contributed by atoms with Crippen LogP contribution in [0.4, 0.5) is 0 Å². The summed E-state index contributed by atoms with van der Waals surface area (Å²) < 4.78 is 11.5. The largest absolute Gasteiger partial charge is 0.390 e. The normalized spacial score (nSPS) is 36.1. The number of hydrogen-bond donors (Lipinski definition) is 3. The van der Waals surface area contributed by atoms with Crippen molar-refractivity contribution in [2.24, 2.45) is 11.7 Å². The lowest BCUT2D eigenvalue weighted by molar-refractivity contribution is -0.279. The molecular weight excluding hydrogens is 248 g/mol. The molecule has 0 aromatic heterocycles. The van der Waals surface area contributed by atoms with Crippen molar-refractivity contribution in [1.29, 1.82) is 0 Å². The van der Waals surface area contributed by atoms with E-state index in [1.54, 1.807) is 13.8 Å². The SMILES string of the molecule is CCC1O[C@@H](OC(C)(C)N)C(NC(C)=O)C(O)[C@H]1C. The molecule has 19 heavy (non-hydrogen) atoms. The zero-order valence-corrected chi connectivity index (χ0v) is 12.3. The molecule has 6 nitrogen and oxygen atoms in total. The molecule has 112 valence electrons. The lowest BCUT2D eigenvalue weighted by Crippen LogP contribution is -2.62. The smallest absolute Gasteiger partial charge is 0.217 e. The fourth-order valence-corrected chi connectivity index (χ4v) is 2.35. The highest BCUT2D eigenvalue weighted by Gasteiger charge is 2.44. The number of nitrogens with one attached hydrogen (secondary N) is 1. The molecule has 1 saturated heterocycles. The number of amides is 1. The Bertz CT molecular complexity index is 316. The fraction of sp³-hybridized carbons (Fsp3) is 0.923. The highest BCUT2D eigenvalue weighted by Crippen LogP contribution is 2.29. The van der Waals surface area contributed by atoms with Gasteiger partial charge in [-0.1, -0.05) is 13.8 Å². The predicted molar refractivity (Wildman–Crippen MR) is 71.1 cm³/mol. The molecule has 4 N–H and O–H groups in total. The van der Waals surface area contributed by atoms with Crippen LogP contribution in [0.25, 0.3) is 0 Å². The molecule has 0 bridgehead atoms. The third kappa shape index (κ3) is 4.42. The van der Waals surface area contributed by atoms with Crippen molar-refractivity contribution >= 4 is 5.91 Å². The van der Waals surface area contributed by atoms with E-state index < -0.39 is 24.2 Å². The number of hydrogen-bond acceptors (Lipinski definition) is 5. The van der Waals surface area contributed by atoms with Gasteiger partial charge in [0, 0.05) is 12.8 Å². The van der Waals surface area contributed by atoms with Crippen molar-refractivity contribution in [3.63, 3.8) is 0 Å². The van der Waals surface area contributed by atoms with Gasteiger partial charge in [-0.3, -0.25) is 4.79 Å². The zero-order chi connectivity index (χ0) is 14.8. The zero-order valence-electron chi connectivity index (χ0n) is 12.3. The van der Waals surface area contributed by atoms with Crippen molar-refractivity contribution in [2.75, 3.05) is 0 Å². The van der Waals surface area contributed by atoms with E-state index in [2.05, 4.69) is 5.32 Å². The number of nitrogens with two attached hydrogens (primary N) is 1. The molecule has 0 radical (unpaired) electrons. The second kappa shape index (κ2) is 6.17. The Labute approximate surface area is 114 Å². The lowest BCUT2D eigenvalue weighted by Gasteiger charge is -2.45. The fourth-order valence-electron chi connectivity index (χ4n) is 2.35. The molecule has 1 aliphatic rings. The molecule has 0 aromatic carbocycles. The van der Waals surface area contributed by atoms with Crippen molar-refractivity contribution in [2.45, 2.75) is 71.3 Å². The van der Waals surface area contributed by atoms with E-state index in [1.807, 2.05) is 13.8 Å². The number of carbonyl (C=O) groups is 1. The van der Waals surface area contributed by atoms with E-state index >= 15 is 0 Å². The minimum atomic E-state index is -0.903. The van der Waals surface area contributed by atoms with Gasteiger partial charge < -0.3 is 25.6 Å². The topological polar surface area (TPSA) is 93.8 Å². The number of rotatable bonds is 4. The Morgan fingerprint density at radius 3 is 2.53 bits per heavy atom. The second-order valence-corrected chi connectivity index (χ2v) is 5.75. The van der Waals surface area contributed by atoms with Gasteiger partial charge in [-0.15, -0.1) is 0 Å². The molecule has 0 aliphatic carbocycles. The van der Waals surface area contributed by atoms with Crippen LogP contribution in [0.15, 0.2) is 0 Å². The molecule has 6 heteroatoms. The van der Waals surface area contributed by atoms with Crippen LogP contribution in [0.1, 0.15) is 41.0 Å². The van der Waals surface area contributed by atoms with Crippen LogP contribution in [0.2, 0.25) is 0 Å². The van der Waals surface area contributed by atoms with Gasteiger partial charge in [-0.05, 0) is 20.3 Å². The first-order valence-corrected chi connectivity index (χ1v) is 6.73. The van der Waals surface area contributed by atoms with Crippen LogP contribution >= 0.6 is 0 Å². The summed E-state index contributed by atoms with van der Waals surface area (Å²) >= 11 is 0. The molecule has 0 spiro atoms. The summed E-state index contributed by atoms with van der Waals surface area (Å²) in [7, 11) is 0. The maximum Gasteiger partial charge on any atom is 0.217 e. The third-order valence-corrected chi connectivity index (χ3v) is 3.29. The summed E-state index contributed by atoms with van der Waals surface area (Å²) in [6.07, 6.45) is -0.835. The Balaban J connectivity index is 2.89. The van der Waals surface area contributed by atoms with E-state index in [1.165, 1.54) is 6.92 Å². The Hall–Kier alpha value is -0.690. The second-order valence-electron chi connectivity index (χ2n) is 5.75. The molecule has 0 saturated carbocycles. The molecule has 3 unspecified atom stereocenters. The van der Waals surface area contributed by atoms with Gasteiger partial charge in [0.05, 0.1) is 12.2 Å². The molecule has 1 aliphatic heterocycles. The molecule has 0 aromatic rings. The molecule has 5 atom stereocenters. The minimum Gasteiger partial charge on any atom is -0.390 e. The van der Waals surface area contributed by atoms with E-state index in [-0.39, 0.29) is 17.9 Å². The van der Waals surface area contributed by atoms with E-state index in [9.17, 15) is 9.90 Å². The highest BCUT2D eigenvalue weighted by atomic mass is 16.7. The summed E-state index contributed by atoms with van der Waals surface area (Å²) in [4.78, 5) is 11.3. The first-order valence-electron chi connectivity index (χ1n) is 6.73. The van der Waals surface area contributed by atoms with E-state index in [4.69, 9.17) is 15.2 Å².